The van der Waals surface area contributed by atoms with Crippen molar-refractivity contribution in [1.82, 2.24) is 30.1 Å². The Morgan fingerprint density at radius 3 is 2.88 bits per heavy atom. The van der Waals surface area contributed by atoms with Crippen LogP contribution in [0.5, 0.6) is 0 Å². The van der Waals surface area contributed by atoms with Crippen LogP contribution in [0.1, 0.15) is 31.0 Å². The summed E-state index contributed by atoms with van der Waals surface area (Å²) in [7, 11) is 0. The largest absolute Gasteiger partial charge is 0.391 e. The van der Waals surface area contributed by atoms with E-state index in [1.165, 1.54) is 5.56 Å². The molecule has 2 heterocycles. The molecule has 0 saturated heterocycles. The van der Waals surface area contributed by atoms with Gasteiger partial charge in [-0.1, -0.05) is 17.3 Å². The summed E-state index contributed by atoms with van der Waals surface area (Å²) in [6, 6.07) is 10.4. The van der Waals surface area contributed by atoms with Gasteiger partial charge in [0.2, 0.25) is 0 Å². The Bertz CT molecular complexity index is 785. The first-order valence-electron chi connectivity index (χ1n) is 8.12. The smallest absolute Gasteiger partial charge is 0.0932 e. The number of aliphatic hydroxyl groups is 1. The second kappa shape index (κ2) is 6.18. The van der Waals surface area contributed by atoms with Crippen LogP contribution in [0.3, 0.4) is 0 Å². The van der Waals surface area contributed by atoms with E-state index >= 15 is 0 Å². The SMILES string of the molecule is CC(N[C@H]1C[C@@H](O)[C@@H]1n1cccn1)c1cccc(-n2ccnn2)c1. The summed E-state index contributed by atoms with van der Waals surface area (Å²) in [5, 5.41) is 25.8. The Hall–Kier alpha value is -2.51. The van der Waals surface area contributed by atoms with E-state index in [4.69, 9.17) is 0 Å². The van der Waals surface area contributed by atoms with Crippen LogP contribution in [0, 0.1) is 0 Å². The fourth-order valence-electron chi connectivity index (χ4n) is 3.30. The normalized spacial score (nSPS) is 24.5. The molecular formula is C17H20N6O. The molecular weight excluding hydrogens is 304 g/mol. The highest BCUT2D eigenvalue weighted by Gasteiger charge is 2.42. The molecule has 7 heteroatoms. The molecule has 24 heavy (non-hydrogen) atoms. The summed E-state index contributed by atoms with van der Waals surface area (Å²) < 4.78 is 3.58. The number of aliphatic hydroxyl groups excluding tert-OH is 1. The zero-order valence-corrected chi connectivity index (χ0v) is 13.4. The van der Waals surface area contributed by atoms with Crippen molar-refractivity contribution >= 4 is 0 Å². The first-order chi connectivity index (χ1) is 11.7. The van der Waals surface area contributed by atoms with Crippen LogP contribution in [0.4, 0.5) is 0 Å². The number of rotatable bonds is 5. The molecule has 0 aliphatic heterocycles. The fraction of sp³-hybridized carbons (Fsp3) is 0.353. The lowest BCUT2D eigenvalue weighted by atomic mass is 9.82. The molecule has 4 rings (SSSR count). The van der Waals surface area contributed by atoms with E-state index < -0.39 is 0 Å². The van der Waals surface area contributed by atoms with Gasteiger partial charge in [0, 0.05) is 24.5 Å². The van der Waals surface area contributed by atoms with Gasteiger partial charge in [-0.3, -0.25) is 4.68 Å². The van der Waals surface area contributed by atoms with Crippen LogP contribution in [-0.4, -0.2) is 42.0 Å². The van der Waals surface area contributed by atoms with Crippen molar-refractivity contribution in [2.45, 2.75) is 37.6 Å². The maximum absolute atomic E-state index is 10.1. The van der Waals surface area contributed by atoms with E-state index in [-0.39, 0.29) is 24.2 Å². The molecule has 0 bridgehead atoms. The third-order valence-corrected chi connectivity index (χ3v) is 4.65. The molecule has 1 saturated carbocycles. The number of nitrogens with zero attached hydrogens (tertiary/aromatic N) is 5. The van der Waals surface area contributed by atoms with Crippen molar-refractivity contribution in [2.24, 2.45) is 0 Å². The molecule has 1 aliphatic rings. The first-order valence-corrected chi connectivity index (χ1v) is 8.12. The summed E-state index contributed by atoms with van der Waals surface area (Å²) in [4.78, 5) is 0. The second-order valence-electron chi connectivity index (χ2n) is 6.22. The van der Waals surface area contributed by atoms with Gasteiger partial charge in [-0.05, 0) is 37.1 Å². The molecule has 1 fully saturated rings. The van der Waals surface area contributed by atoms with E-state index in [1.807, 2.05) is 35.3 Å². The van der Waals surface area contributed by atoms with Gasteiger partial charge >= 0.3 is 0 Å². The monoisotopic (exact) mass is 324 g/mol. The van der Waals surface area contributed by atoms with Crippen molar-refractivity contribution in [3.63, 3.8) is 0 Å². The molecule has 1 aliphatic carbocycles. The third kappa shape index (κ3) is 2.72. The topological polar surface area (TPSA) is 80.8 Å². The average Bonchev–Trinajstić information content (AvgIpc) is 3.28. The fourth-order valence-corrected chi connectivity index (χ4v) is 3.30. The van der Waals surface area contributed by atoms with Crippen molar-refractivity contribution in [3.05, 3.63) is 60.7 Å². The van der Waals surface area contributed by atoms with E-state index in [1.54, 1.807) is 17.1 Å². The number of hydrogen-bond acceptors (Lipinski definition) is 5. The minimum absolute atomic E-state index is 0.0130. The van der Waals surface area contributed by atoms with Gasteiger partial charge in [0.15, 0.2) is 0 Å². The highest BCUT2D eigenvalue weighted by atomic mass is 16.3. The lowest BCUT2D eigenvalue weighted by molar-refractivity contribution is -0.0110. The van der Waals surface area contributed by atoms with Crippen LogP contribution < -0.4 is 5.32 Å². The minimum Gasteiger partial charge on any atom is -0.391 e. The van der Waals surface area contributed by atoms with Crippen molar-refractivity contribution in [2.75, 3.05) is 0 Å². The van der Waals surface area contributed by atoms with E-state index in [9.17, 15) is 5.11 Å². The van der Waals surface area contributed by atoms with Gasteiger partial charge in [-0.2, -0.15) is 5.10 Å². The Kier molecular flexibility index (Phi) is 3.87. The maximum Gasteiger partial charge on any atom is 0.0932 e. The number of hydrogen-bond donors (Lipinski definition) is 2. The molecule has 124 valence electrons. The lowest BCUT2D eigenvalue weighted by Crippen LogP contribution is -2.55. The lowest BCUT2D eigenvalue weighted by Gasteiger charge is -2.43. The van der Waals surface area contributed by atoms with Crippen LogP contribution in [0.2, 0.25) is 0 Å². The molecule has 7 nitrogen and oxygen atoms in total. The van der Waals surface area contributed by atoms with Crippen LogP contribution >= 0.6 is 0 Å². The van der Waals surface area contributed by atoms with Gasteiger partial charge in [0.25, 0.3) is 0 Å². The predicted molar refractivity (Wildman–Crippen MR) is 88.6 cm³/mol. The zero-order valence-electron chi connectivity index (χ0n) is 13.4. The standard InChI is InChI=1S/C17H20N6O/c1-12(13-4-2-5-14(10-13)22-9-7-18-21-22)20-15-11-16(24)17(15)23-8-3-6-19-23/h2-10,12,15-17,20,24H,11H2,1H3/t12?,15-,16+,17+/m0/s1. The number of benzene rings is 1. The molecule has 1 unspecified atom stereocenters. The van der Waals surface area contributed by atoms with Crippen molar-refractivity contribution in [1.29, 1.82) is 0 Å². The Morgan fingerprint density at radius 2 is 2.17 bits per heavy atom. The van der Waals surface area contributed by atoms with E-state index in [0.717, 1.165) is 12.1 Å². The third-order valence-electron chi connectivity index (χ3n) is 4.65. The second-order valence-corrected chi connectivity index (χ2v) is 6.22. The molecule has 4 atom stereocenters. The molecule has 2 aromatic heterocycles. The summed E-state index contributed by atoms with van der Waals surface area (Å²) in [6.45, 7) is 2.13. The van der Waals surface area contributed by atoms with Gasteiger partial charge in [-0.15, -0.1) is 5.10 Å². The average molecular weight is 324 g/mol. The molecule has 0 amide bonds. The molecule has 2 N–H and O–H groups in total. The van der Waals surface area contributed by atoms with Gasteiger partial charge in [0.1, 0.15) is 0 Å². The highest BCUT2D eigenvalue weighted by Crippen LogP contribution is 2.34. The van der Waals surface area contributed by atoms with Crippen LogP contribution in [0.15, 0.2) is 55.1 Å². The van der Waals surface area contributed by atoms with Crippen molar-refractivity contribution < 1.29 is 5.11 Å². The Balaban J connectivity index is 1.49. The van der Waals surface area contributed by atoms with Crippen LogP contribution in [0.25, 0.3) is 5.69 Å². The maximum atomic E-state index is 10.1. The van der Waals surface area contributed by atoms with Gasteiger partial charge < -0.3 is 10.4 Å². The molecule has 3 aromatic rings. The van der Waals surface area contributed by atoms with Gasteiger partial charge in [-0.25, -0.2) is 4.68 Å². The predicted octanol–water partition coefficient (Wildman–Crippen LogP) is 1.49. The number of aromatic nitrogens is 5. The summed E-state index contributed by atoms with van der Waals surface area (Å²) in [6.07, 6.45) is 7.52. The highest BCUT2D eigenvalue weighted by molar-refractivity contribution is 5.36. The van der Waals surface area contributed by atoms with E-state index in [2.05, 4.69) is 39.8 Å². The van der Waals surface area contributed by atoms with Crippen LogP contribution in [-0.2, 0) is 0 Å². The van der Waals surface area contributed by atoms with Gasteiger partial charge in [0.05, 0.1) is 30.2 Å². The summed E-state index contributed by atoms with van der Waals surface area (Å²) >= 11 is 0. The Morgan fingerprint density at radius 1 is 1.25 bits per heavy atom. The van der Waals surface area contributed by atoms with Crippen molar-refractivity contribution in [3.8, 4) is 5.69 Å². The molecule has 0 radical (unpaired) electrons. The molecule has 1 aromatic carbocycles. The first kappa shape index (κ1) is 15.0. The van der Waals surface area contributed by atoms with E-state index in [0.29, 0.717) is 0 Å². The Labute approximate surface area is 139 Å². The quantitative estimate of drug-likeness (QED) is 0.743. The zero-order chi connectivity index (χ0) is 16.5. The summed E-state index contributed by atoms with van der Waals surface area (Å²) in [5.74, 6) is 0. The number of nitrogens with one attached hydrogen (secondary N) is 1. The summed E-state index contributed by atoms with van der Waals surface area (Å²) in [5.41, 5.74) is 2.15. The minimum atomic E-state index is -0.351. The molecule has 0 spiro atoms.